The fraction of sp³-hybridized carbons (Fsp3) is 0. The molecule has 0 heterocycles. The first-order chi connectivity index (χ1) is 5.41. The zero-order chi connectivity index (χ0) is 10.9. The molecule has 0 unspecified atom stereocenters. The van der Waals surface area contributed by atoms with Crippen molar-refractivity contribution in [3.8, 4) is 0 Å². The van der Waals surface area contributed by atoms with Gasteiger partial charge in [0.05, 0.1) is 0 Å². The van der Waals surface area contributed by atoms with E-state index in [2.05, 4.69) is 8.62 Å². The Bertz CT molecular complexity index is 281. The van der Waals surface area contributed by atoms with Crippen LogP contribution in [0.1, 0.15) is 0 Å². The van der Waals surface area contributed by atoms with Crippen LogP contribution in [0, 0.1) is 0 Å². The molecule has 0 radical (unpaired) electrons. The van der Waals surface area contributed by atoms with Gasteiger partial charge in [-0.2, -0.15) is 8.62 Å². The third kappa shape index (κ3) is 16.9. The van der Waals surface area contributed by atoms with Crippen LogP contribution in [0.15, 0.2) is 0 Å². The summed E-state index contributed by atoms with van der Waals surface area (Å²) >= 11 is 0. The Hall–Kier alpha value is 2.93. The van der Waals surface area contributed by atoms with Gasteiger partial charge in [0.15, 0.2) is 0 Å². The Morgan fingerprint density at radius 3 is 1.00 bits per heavy atom. The van der Waals surface area contributed by atoms with E-state index < -0.39 is 23.5 Å². The van der Waals surface area contributed by atoms with Crippen LogP contribution in [0.2, 0.25) is 0 Å². The number of hydrogen-bond acceptors (Lipinski definition) is 5. The van der Waals surface area contributed by atoms with Gasteiger partial charge in [-0.25, -0.2) is 13.7 Å². The Kier molecular flexibility index (Phi) is 12.6. The molecule has 0 aliphatic rings. The summed E-state index contributed by atoms with van der Waals surface area (Å²) in [4.78, 5) is 40.2. The topological polar surface area (TPSA) is 171 Å². The monoisotopic (exact) mass is 342 g/mol. The van der Waals surface area contributed by atoms with E-state index in [1.165, 1.54) is 0 Å². The van der Waals surface area contributed by atoms with Gasteiger partial charge in [0, 0.05) is 0 Å². The maximum absolute atomic E-state index is 10.4. The van der Waals surface area contributed by atoms with Gasteiger partial charge >= 0.3 is 98.9 Å². The summed E-state index contributed by atoms with van der Waals surface area (Å²) in [6, 6.07) is 0. The van der Waals surface area contributed by atoms with Crippen LogP contribution in [0.5, 0.6) is 0 Å². The van der Waals surface area contributed by atoms with Gasteiger partial charge in [-0.1, -0.05) is 0 Å². The fourth-order valence-corrected chi connectivity index (χ4v) is 2.82. The molecule has 10 nitrogen and oxygen atoms in total. The molecule has 15 heteroatoms. The van der Waals surface area contributed by atoms with Gasteiger partial charge in [0.25, 0.3) is 0 Å². The zero-order valence-corrected chi connectivity index (χ0v) is 8.30. The van der Waals surface area contributed by atoms with Crippen LogP contribution < -0.4 is 0 Å². The molecule has 0 amide bonds. The average molecular weight is 342 g/mol. The normalized spacial score (nSPS) is 12.6. The minimum absolute atomic E-state index is 0. The Balaban J connectivity index is -0.000000720. The van der Waals surface area contributed by atoms with Gasteiger partial charge in [-0.15, -0.1) is 0 Å². The average Bonchev–Trinajstić information content (AvgIpc) is 1.43. The summed E-state index contributed by atoms with van der Waals surface area (Å²) in [7, 11) is -16.2. The van der Waals surface area contributed by atoms with Crippen molar-refractivity contribution in [1.82, 2.24) is 0 Å². The van der Waals surface area contributed by atoms with Crippen molar-refractivity contribution in [1.29, 1.82) is 0 Å². The van der Waals surface area contributed by atoms with Crippen molar-refractivity contribution >= 4 is 98.9 Å². The van der Waals surface area contributed by atoms with Gasteiger partial charge in [-0.05, 0) is 0 Å². The second-order valence-electron chi connectivity index (χ2n) is 1.61. The van der Waals surface area contributed by atoms with Gasteiger partial charge in [0.2, 0.25) is 0 Å². The van der Waals surface area contributed by atoms with E-state index in [1.54, 1.807) is 0 Å². The molecule has 0 aliphatic heterocycles. The van der Waals surface area contributed by atoms with Crippen LogP contribution in [0.3, 0.4) is 0 Å². The molecule has 88 valence electrons. The second kappa shape index (κ2) is 8.17. The first-order valence-electron chi connectivity index (χ1n) is 2.28. The van der Waals surface area contributed by atoms with Crippen molar-refractivity contribution in [2.75, 3.05) is 0 Å². The minimum atomic E-state index is -5.46. The van der Waals surface area contributed by atoms with Crippen LogP contribution in [-0.4, -0.2) is 99.9 Å². The summed E-state index contributed by atoms with van der Waals surface area (Å²) < 4.78 is 36.4. The SMILES string of the molecule is O=P(O)(O)OP(=O)(O)OP(=O)(O)O.[CaH2].[CaH2]. The van der Waals surface area contributed by atoms with E-state index in [1.807, 2.05) is 0 Å². The third-order valence-corrected chi connectivity index (χ3v) is 3.77. The first-order valence-corrected chi connectivity index (χ1v) is 6.83. The summed E-state index contributed by atoms with van der Waals surface area (Å²) in [5.41, 5.74) is 0. The molecule has 0 saturated carbocycles. The van der Waals surface area contributed by atoms with Crippen molar-refractivity contribution in [2.45, 2.75) is 0 Å². The number of rotatable bonds is 4. The molecule has 0 bridgehead atoms. The molecule has 0 aromatic heterocycles. The van der Waals surface area contributed by atoms with Crippen molar-refractivity contribution < 1.29 is 46.8 Å². The number of phosphoric acid groups is 3. The Labute approximate surface area is 143 Å². The maximum atomic E-state index is 10.4. The molecule has 0 saturated heterocycles. The van der Waals surface area contributed by atoms with Gasteiger partial charge in [-0.3, -0.25) is 0 Å². The Morgan fingerprint density at radius 2 is 0.867 bits per heavy atom. The summed E-state index contributed by atoms with van der Waals surface area (Å²) in [6.07, 6.45) is 0. The van der Waals surface area contributed by atoms with Gasteiger partial charge < -0.3 is 24.5 Å². The molecular formula is H9Ca2O10P3. The fourth-order valence-electron chi connectivity index (χ4n) is 0.284. The molecule has 0 aromatic rings. The summed E-state index contributed by atoms with van der Waals surface area (Å²) in [6.45, 7) is 0. The summed E-state index contributed by atoms with van der Waals surface area (Å²) in [5.74, 6) is 0. The Morgan fingerprint density at radius 1 is 0.667 bits per heavy atom. The third-order valence-electron chi connectivity index (χ3n) is 0.419. The molecule has 5 N–H and O–H groups in total. The second-order valence-corrected chi connectivity index (χ2v) is 5.82. The molecule has 0 spiro atoms. The van der Waals surface area contributed by atoms with E-state index in [0.29, 0.717) is 0 Å². The van der Waals surface area contributed by atoms with Gasteiger partial charge in [0.1, 0.15) is 0 Å². The van der Waals surface area contributed by atoms with Crippen molar-refractivity contribution in [2.24, 2.45) is 0 Å². The first kappa shape index (κ1) is 23.1. The van der Waals surface area contributed by atoms with Crippen molar-refractivity contribution in [3.05, 3.63) is 0 Å². The predicted molar refractivity (Wildman–Crippen MR) is 53.2 cm³/mol. The predicted octanol–water partition coefficient (Wildman–Crippen LogP) is -2.53. The van der Waals surface area contributed by atoms with Crippen LogP contribution >= 0.6 is 23.5 Å². The molecule has 0 rings (SSSR count). The molecular weight excluding hydrogens is 333 g/mol. The number of hydrogen-bond donors (Lipinski definition) is 5. The standard InChI is InChI=1S/2Ca.H5O10P3.4H/c;;1-11(2,3)9-13(7,8)10-12(4,5)6;;;;/h;;(H,7,8)(H2,1,2,3)(H2,4,5,6);;;;. The van der Waals surface area contributed by atoms with Crippen LogP contribution in [0.4, 0.5) is 0 Å². The summed E-state index contributed by atoms with van der Waals surface area (Å²) in [5, 5.41) is 0. The molecule has 0 atom stereocenters. The molecule has 0 fully saturated rings. The zero-order valence-electron chi connectivity index (χ0n) is 5.62. The molecule has 15 heavy (non-hydrogen) atoms. The van der Waals surface area contributed by atoms with Crippen LogP contribution in [0.25, 0.3) is 0 Å². The van der Waals surface area contributed by atoms with E-state index in [-0.39, 0.29) is 75.5 Å². The quantitative estimate of drug-likeness (QED) is 0.271. The van der Waals surface area contributed by atoms with E-state index in [4.69, 9.17) is 24.5 Å². The van der Waals surface area contributed by atoms with E-state index in [9.17, 15) is 13.7 Å². The molecule has 0 aliphatic carbocycles. The van der Waals surface area contributed by atoms with Crippen molar-refractivity contribution in [3.63, 3.8) is 0 Å². The van der Waals surface area contributed by atoms with E-state index in [0.717, 1.165) is 0 Å². The van der Waals surface area contributed by atoms with E-state index >= 15 is 0 Å². The van der Waals surface area contributed by atoms with Crippen LogP contribution in [-0.2, 0) is 22.3 Å². The molecule has 0 aromatic carbocycles.